The molecule has 0 spiro atoms. The van der Waals surface area contributed by atoms with Crippen LogP contribution in [-0.2, 0) is 9.59 Å². The van der Waals surface area contributed by atoms with Gasteiger partial charge in [0, 0.05) is 11.3 Å². The van der Waals surface area contributed by atoms with Gasteiger partial charge < -0.3 is 15.4 Å². The van der Waals surface area contributed by atoms with Crippen LogP contribution in [0.15, 0.2) is 78.9 Å². The van der Waals surface area contributed by atoms with Crippen molar-refractivity contribution in [1.82, 2.24) is 0 Å². The first-order valence-corrected chi connectivity index (χ1v) is 8.58. The first-order valence-electron chi connectivity index (χ1n) is 8.58. The van der Waals surface area contributed by atoms with Gasteiger partial charge in [0.15, 0.2) is 11.5 Å². The minimum absolute atomic E-state index is 0.0781. The van der Waals surface area contributed by atoms with Gasteiger partial charge in [-0.3, -0.25) is 14.4 Å². The molecular formula is C22H18N2O4. The maximum absolute atomic E-state index is 12.3. The molecule has 0 aliphatic rings. The van der Waals surface area contributed by atoms with E-state index in [1.54, 1.807) is 60.7 Å². The number of hydrogen-bond acceptors (Lipinski definition) is 4. The van der Waals surface area contributed by atoms with E-state index in [1.165, 1.54) is 6.92 Å². The van der Waals surface area contributed by atoms with E-state index in [2.05, 4.69) is 10.6 Å². The second-order valence-corrected chi connectivity index (χ2v) is 5.95. The molecule has 140 valence electrons. The lowest BCUT2D eigenvalue weighted by Gasteiger charge is -2.12. The van der Waals surface area contributed by atoms with E-state index in [4.69, 9.17) is 4.74 Å². The van der Waals surface area contributed by atoms with Gasteiger partial charge in [-0.1, -0.05) is 30.3 Å². The Bertz CT molecular complexity index is 999. The standard InChI is InChI=1S/C22H18N2O4/c1-15(25)16-11-13-17(14-12-16)23-21(26)22(27)24-19-9-5-6-10-20(19)28-18-7-3-2-4-8-18/h2-14H,1H3,(H,23,26)(H,24,27). The number of carbonyl (C=O) groups excluding carboxylic acids is 3. The predicted octanol–water partition coefficient (Wildman–Crippen LogP) is 4.26. The summed E-state index contributed by atoms with van der Waals surface area (Å²) in [6.45, 7) is 1.45. The Morgan fingerprint density at radius 3 is 2.00 bits per heavy atom. The Hall–Kier alpha value is -3.93. The van der Waals surface area contributed by atoms with E-state index < -0.39 is 11.8 Å². The fourth-order valence-corrected chi connectivity index (χ4v) is 2.43. The number of nitrogens with one attached hydrogen (secondary N) is 2. The molecule has 0 bridgehead atoms. The zero-order chi connectivity index (χ0) is 19.9. The predicted molar refractivity (Wildman–Crippen MR) is 107 cm³/mol. The number of carbonyl (C=O) groups is 3. The van der Waals surface area contributed by atoms with E-state index in [9.17, 15) is 14.4 Å². The van der Waals surface area contributed by atoms with Crippen LogP contribution in [0.1, 0.15) is 17.3 Å². The maximum atomic E-state index is 12.3. The number of ketones is 1. The van der Waals surface area contributed by atoms with Gasteiger partial charge in [-0.2, -0.15) is 0 Å². The zero-order valence-electron chi connectivity index (χ0n) is 15.1. The van der Waals surface area contributed by atoms with Gasteiger partial charge >= 0.3 is 11.8 Å². The van der Waals surface area contributed by atoms with Crippen molar-refractivity contribution in [3.05, 3.63) is 84.4 Å². The quantitative estimate of drug-likeness (QED) is 0.516. The van der Waals surface area contributed by atoms with Gasteiger partial charge in [-0.25, -0.2) is 0 Å². The molecule has 0 aromatic heterocycles. The lowest BCUT2D eigenvalue weighted by Crippen LogP contribution is -2.29. The molecule has 0 radical (unpaired) electrons. The minimum Gasteiger partial charge on any atom is -0.455 e. The highest BCUT2D eigenvalue weighted by Gasteiger charge is 2.16. The second-order valence-electron chi connectivity index (χ2n) is 5.95. The molecule has 28 heavy (non-hydrogen) atoms. The SMILES string of the molecule is CC(=O)c1ccc(NC(=O)C(=O)Nc2ccccc2Oc2ccccc2)cc1. The molecule has 0 heterocycles. The van der Waals surface area contributed by atoms with E-state index in [0.29, 0.717) is 28.4 Å². The summed E-state index contributed by atoms with van der Waals surface area (Å²) in [6, 6.07) is 22.2. The first-order chi connectivity index (χ1) is 13.5. The normalized spacial score (nSPS) is 10.0. The summed E-state index contributed by atoms with van der Waals surface area (Å²) >= 11 is 0. The molecule has 0 saturated carbocycles. The Labute approximate surface area is 162 Å². The van der Waals surface area contributed by atoms with Crippen LogP contribution in [0, 0.1) is 0 Å². The summed E-state index contributed by atoms with van der Waals surface area (Å²) in [5.74, 6) is -0.713. The molecule has 3 rings (SSSR count). The van der Waals surface area contributed by atoms with Crippen LogP contribution in [-0.4, -0.2) is 17.6 Å². The Morgan fingerprint density at radius 1 is 0.714 bits per heavy atom. The molecule has 3 aromatic rings. The van der Waals surface area contributed by atoms with Gasteiger partial charge in [-0.15, -0.1) is 0 Å². The monoisotopic (exact) mass is 374 g/mol. The lowest BCUT2D eigenvalue weighted by atomic mass is 10.1. The molecule has 3 aromatic carbocycles. The van der Waals surface area contributed by atoms with Gasteiger partial charge in [0.05, 0.1) is 5.69 Å². The summed E-state index contributed by atoms with van der Waals surface area (Å²) in [6.07, 6.45) is 0. The third-order valence-corrected chi connectivity index (χ3v) is 3.86. The molecule has 0 aliphatic carbocycles. The van der Waals surface area contributed by atoms with E-state index in [-0.39, 0.29) is 5.78 Å². The van der Waals surface area contributed by atoms with E-state index >= 15 is 0 Å². The van der Waals surface area contributed by atoms with Crippen molar-refractivity contribution in [2.45, 2.75) is 6.92 Å². The fourth-order valence-electron chi connectivity index (χ4n) is 2.43. The van der Waals surface area contributed by atoms with Crippen LogP contribution in [0.25, 0.3) is 0 Å². The van der Waals surface area contributed by atoms with Gasteiger partial charge in [0.1, 0.15) is 5.75 Å². The van der Waals surface area contributed by atoms with Crippen molar-refractivity contribution < 1.29 is 19.1 Å². The fraction of sp³-hybridized carbons (Fsp3) is 0.0455. The number of Topliss-reactive ketones (excluding diaryl/α,β-unsaturated/α-hetero) is 1. The number of para-hydroxylation sites is 3. The van der Waals surface area contributed by atoms with Crippen molar-refractivity contribution in [3.63, 3.8) is 0 Å². The first kappa shape index (κ1) is 18.8. The van der Waals surface area contributed by atoms with Gasteiger partial charge in [-0.05, 0) is 55.5 Å². The molecule has 0 atom stereocenters. The van der Waals surface area contributed by atoms with Crippen molar-refractivity contribution in [3.8, 4) is 11.5 Å². The number of benzene rings is 3. The summed E-state index contributed by atoms with van der Waals surface area (Å²) in [5, 5.41) is 5.04. The smallest absolute Gasteiger partial charge is 0.314 e. The van der Waals surface area contributed by atoms with Crippen LogP contribution in [0.3, 0.4) is 0 Å². The van der Waals surface area contributed by atoms with Crippen LogP contribution in [0.2, 0.25) is 0 Å². The van der Waals surface area contributed by atoms with E-state index in [1.807, 2.05) is 18.2 Å². The van der Waals surface area contributed by atoms with Gasteiger partial charge in [0.25, 0.3) is 0 Å². The summed E-state index contributed by atoms with van der Waals surface area (Å²) in [4.78, 5) is 35.7. The largest absolute Gasteiger partial charge is 0.455 e. The van der Waals surface area contributed by atoms with Crippen molar-refractivity contribution >= 4 is 29.0 Å². The molecule has 6 heteroatoms. The van der Waals surface area contributed by atoms with E-state index in [0.717, 1.165) is 0 Å². The van der Waals surface area contributed by atoms with Crippen molar-refractivity contribution in [2.24, 2.45) is 0 Å². The van der Waals surface area contributed by atoms with Crippen LogP contribution < -0.4 is 15.4 Å². The summed E-state index contributed by atoms with van der Waals surface area (Å²) in [5.41, 5.74) is 1.31. The molecule has 6 nitrogen and oxygen atoms in total. The number of hydrogen-bond donors (Lipinski definition) is 2. The summed E-state index contributed by atoms with van der Waals surface area (Å²) < 4.78 is 5.77. The van der Waals surface area contributed by atoms with Crippen molar-refractivity contribution in [2.75, 3.05) is 10.6 Å². The van der Waals surface area contributed by atoms with Crippen LogP contribution >= 0.6 is 0 Å². The van der Waals surface area contributed by atoms with Crippen molar-refractivity contribution in [1.29, 1.82) is 0 Å². The minimum atomic E-state index is -0.834. The second kappa shape index (κ2) is 8.64. The number of amides is 2. The highest BCUT2D eigenvalue weighted by Crippen LogP contribution is 2.29. The molecule has 0 fully saturated rings. The number of ether oxygens (including phenoxy) is 1. The van der Waals surface area contributed by atoms with Gasteiger partial charge in [0.2, 0.25) is 0 Å². The molecule has 2 N–H and O–H groups in total. The molecule has 0 unspecified atom stereocenters. The molecule has 0 saturated heterocycles. The Balaban J connectivity index is 1.67. The summed E-state index contributed by atoms with van der Waals surface area (Å²) in [7, 11) is 0. The number of anilines is 2. The maximum Gasteiger partial charge on any atom is 0.314 e. The average molecular weight is 374 g/mol. The van der Waals surface area contributed by atoms with Crippen LogP contribution in [0.5, 0.6) is 11.5 Å². The molecule has 2 amide bonds. The molecule has 0 aliphatic heterocycles. The zero-order valence-corrected chi connectivity index (χ0v) is 15.1. The lowest BCUT2D eigenvalue weighted by molar-refractivity contribution is -0.133. The van der Waals surface area contributed by atoms with Crippen LogP contribution in [0.4, 0.5) is 11.4 Å². The number of rotatable bonds is 5. The Kier molecular flexibility index (Phi) is 5.81. The topological polar surface area (TPSA) is 84.5 Å². The highest BCUT2D eigenvalue weighted by atomic mass is 16.5. The molecular weight excluding hydrogens is 356 g/mol. The third-order valence-electron chi connectivity index (χ3n) is 3.86. The average Bonchev–Trinajstić information content (AvgIpc) is 2.70. The highest BCUT2D eigenvalue weighted by molar-refractivity contribution is 6.43. The third kappa shape index (κ3) is 4.82. The Morgan fingerprint density at radius 2 is 1.32 bits per heavy atom.